The van der Waals surface area contributed by atoms with Gasteiger partial charge in [0.1, 0.15) is 5.82 Å². The first kappa shape index (κ1) is 19.9. The lowest BCUT2D eigenvalue weighted by Gasteiger charge is -2.11. The first-order valence-corrected chi connectivity index (χ1v) is 9.65. The monoisotopic (exact) mass is 376 g/mol. The molecule has 0 aliphatic rings. The lowest BCUT2D eigenvalue weighted by Crippen LogP contribution is -2.38. The van der Waals surface area contributed by atoms with Crippen molar-refractivity contribution >= 4 is 23.2 Å². The Bertz CT molecular complexity index is 686. The Morgan fingerprint density at radius 1 is 1.12 bits per heavy atom. The van der Waals surface area contributed by atoms with Gasteiger partial charge in [0.2, 0.25) is 0 Å². The van der Waals surface area contributed by atoms with Crippen molar-refractivity contribution in [3.63, 3.8) is 0 Å². The molecule has 0 fully saturated rings. The molecule has 0 aliphatic heterocycles. The number of amides is 1. The fourth-order valence-electron chi connectivity index (χ4n) is 2.28. The SMILES string of the molecule is CCNC(=NCCCNC(=O)c1cccs1)NCCc1ccc(F)cc1. The van der Waals surface area contributed by atoms with Gasteiger partial charge in [-0.3, -0.25) is 9.79 Å². The molecular formula is C19H25FN4OS. The standard InChI is InChI=1S/C19H25FN4OS/c1-2-21-19(24-13-10-15-6-8-16(20)9-7-15)23-12-4-11-22-18(25)17-5-3-14-26-17/h3,5-9,14H,2,4,10-13H2,1H3,(H,22,25)(H2,21,23,24). The van der Waals surface area contributed by atoms with Crippen LogP contribution in [0.5, 0.6) is 0 Å². The molecule has 2 rings (SSSR count). The summed E-state index contributed by atoms with van der Waals surface area (Å²) in [5.41, 5.74) is 1.08. The minimum atomic E-state index is -0.220. The van der Waals surface area contributed by atoms with E-state index in [2.05, 4.69) is 20.9 Å². The van der Waals surface area contributed by atoms with Crippen LogP contribution in [0.25, 0.3) is 0 Å². The Morgan fingerprint density at radius 3 is 2.62 bits per heavy atom. The molecule has 7 heteroatoms. The zero-order valence-electron chi connectivity index (χ0n) is 14.9. The fourth-order valence-corrected chi connectivity index (χ4v) is 2.92. The van der Waals surface area contributed by atoms with Gasteiger partial charge in [-0.2, -0.15) is 0 Å². The van der Waals surface area contributed by atoms with Crippen LogP contribution in [0.1, 0.15) is 28.6 Å². The second-order valence-corrected chi connectivity index (χ2v) is 6.60. The molecule has 0 atom stereocenters. The molecule has 0 spiro atoms. The minimum absolute atomic E-state index is 0.0340. The van der Waals surface area contributed by atoms with Crippen LogP contribution in [0.4, 0.5) is 4.39 Å². The van der Waals surface area contributed by atoms with Gasteiger partial charge in [-0.25, -0.2) is 4.39 Å². The van der Waals surface area contributed by atoms with Crippen molar-refractivity contribution in [1.82, 2.24) is 16.0 Å². The van der Waals surface area contributed by atoms with E-state index < -0.39 is 0 Å². The molecule has 0 saturated heterocycles. The third-order valence-corrected chi connectivity index (χ3v) is 4.47. The average molecular weight is 377 g/mol. The van der Waals surface area contributed by atoms with Gasteiger partial charge in [0.25, 0.3) is 5.91 Å². The largest absolute Gasteiger partial charge is 0.357 e. The lowest BCUT2D eigenvalue weighted by atomic mass is 10.1. The van der Waals surface area contributed by atoms with Gasteiger partial charge in [0.15, 0.2) is 5.96 Å². The second-order valence-electron chi connectivity index (χ2n) is 5.65. The fraction of sp³-hybridized carbons (Fsp3) is 0.368. The summed E-state index contributed by atoms with van der Waals surface area (Å²) >= 11 is 1.43. The Kier molecular flexibility index (Phi) is 8.62. The molecular weight excluding hydrogens is 351 g/mol. The summed E-state index contributed by atoms with van der Waals surface area (Å²) in [5, 5.41) is 11.2. The Morgan fingerprint density at radius 2 is 1.92 bits per heavy atom. The molecule has 1 aromatic heterocycles. The smallest absolute Gasteiger partial charge is 0.261 e. The molecule has 0 bridgehead atoms. The molecule has 0 saturated carbocycles. The molecule has 0 radical (unpaired) electrons. The third kappa shape index (κ3) is 7.23. The number of hydrogen-bond acceptors (Lipinski definition) is 3. The highest BCUT2D eigenvalue weighted by atomic mass is 32.1. The van der Waals surface area contributed by atoms with Crippen molar-refractivity contribution in [3.8, 4) is 0 Å². The van der Waals surface area contributed by atoms with Gasteiger partial charge < -0.3 is 16.0 Å². The normalized spacial score (nSPS) is 11.2. The number of aliphatic imine (C=N–C) groups is 1. The van der Waals surface area contributed by atoms with Crippen molar-refractivity contribution < 1.29 is 9.18 Å². The van der Waals surface area contributed by atoms with Gasteiger partial charge in [0, 0.05) is 26.2 Å². The van der Waals surface area contributed by atoms with Crippen molar-refractivity contribution in [3.05, 3.63) is 58.0 Å². The van der Waals surface area contributed by atoms with Crippen LogP contribution in [-0.4, -0.2) is 38.0 Å². The molecule has 5 nitrogen and oxygen atoms in total. The van der Waals surface area contributed by atoms with Gasteiger partial charge in [-0.05, 0) is 48.9 Å². The van der Waals surface area contributed by atoms with Crippen molar-refractivity contribution in [2.24, 2.45) is 4.99 Å². The van der Waals surface area contributed by atoms with E-state index in [0.29, 0.717) is 19.6 Å². The third-order valence-electron chi connectivity index (χ3n) is 3.60. The van der Waals surface area contributed by atoms with E-state index >= 15 is 0 Å². The number of benzene rings is 1. The van der Waals surface area contributed by atoms with Gasteiger partial charge >= 0.3 is 0 Å². The predicted molar refractivity (Wildman–Crippen MR) is 105 cm³/mol. The number of guanidine groups is 1. The van der Waals surface area contributed by atoms with Crippen LogP contribution in [0.3, 0.4) is 0 Å². The Labute approximate surface area is 157 Å². The molecule has 26 heavy (non-hydrogen) atoms. The number of nitrogens with one attached hydrogen (secondary N) is 3. The molecule has 3 N–H and O–H groups in total. The number of thiophene rings is 1. The number of nitrogens with zero attached hydrogens (tertiary/aromatic N) is 1. The number of hydrogen-bond donors (Lipinski definition) is 3. The molecule has 0 unspecified atom stereocenters. The topological polar surface area (TPSA) is 65.5 Å². The molecule has 1 heterocycles. The molecule has 2 aromatic rings. The number of carbonyl (C=O) groups excluding carboxylic acids is 1. The van der Waals surface area contributed by atoms with E-state index in [4.69, 9.17) is 0 Å². The van der Waals surface area contributed by atoms with E-state index in [1.807, 2.05) is 24.4 Å². The quantitative estimate of drug-likeness (QED) is 0.358. The number of halogens is 1. The van der Waals surface area contributed by atoms with Crippen LogP contribution >= 0.6 is 11.3 Å². The maximum absolute atomic E-state index is 12.9. The zero-order valence-corrected chi connectivity index (χ0v) is 15.7. The summed E-state index contributed by atoms with van der Waals surface area (Å²) in [6.07, 6.45) is 1.56. The maximum Gasteiger partial charge on any atom is 0.261 e. The molecule has 0 aliphatic carbocycles. The Hall–Kier alpha value is -2.41. The van der Waals surface area contributed by atoms with Gasteiger partial charge in [-0.1, -0.05) is 18.2 Å². The van der Waals surface area contributed by atoms with E-state index in [1.54, 1.807) is 12.1 Å². The number of rotatable bonds is 9. The van der Waals surface area contributed by atoms with E-state index in [-0.39, 0.29) is 11.7 Å². The average Bonchev–Trinajstić information content (AvgIpc) is 3.17. The summed E-state index contributed by atoms with van der Waals surface area (Å²) in [5.74, 6) is 0.496. The molecule has 1 aromatic carbocycles. The summed E-state index contributed by atoms with van der Waals surface area (Å²) in [4.78, 5) is 17.0. The summed E-state index contributed by atoms with van der Waals surface area (Å²) < 4.78 is 12.9. The van der Waals surface area contributed by atoms with E-state index in [1.165, 1.54) is 23.5 Å². The van der Waals surface area contributed by atoms with Crippen LogP contribution in [0, 0.1) is 5.82 Å². The van der Waals surface area contributed by atoms with Crippen molar-refractivity contribution in [1.29, 1.82) is 0 Å². The summed E-state index contributed by atoms with van der Waals surface area (Å²) in [6, 6.07) is 10.2. The summed E-state index contributed by atoms with van der Waals surface area (Å²) in [6.45, 7) is 4.72. The van der Waals surface area contributed by atoms with Crippen LogP contribution in [0.15, 0.2) is 46.8 Å². The maximum atomic E-state index is 12.9. The highest BCUT2D eigenvalue weighted by Crippen LogP contribution is 2.07. The van der Waals surface area contributed by atoms with Crippen molar-refractivity contribution in [2.75, 3.05) is 26.2 Å². The van der Waals surface area contributed by atoms with Crippen LogP contribution in [0.2, 0.25) is 0 Å². The van der Waals surface area contributed by atoms with E-state index in [0.717, 1.165) is 35.8 Å². The van der Waals surface area contributed by atoms with Gasteiger partial charge in [-0.15, -0.1) is 11.3 Å². The minimum Gasteiger partial charge on any atom is -0.357 e. The first-order chi connectivity index (χ1) is 12.7. The molecule has 140 valence electrons. The number of carbonyl (C=O) groups is 1. The van der Waals surface area contributed by atoms with Crippen LogP contribution < -0.4 is 16.0 Å². The highest BCUT2D eigenvalue weighted by molar-refractivity contribution is 7.12. The summed E-state index contributed by atoms with van der Waals surface area (Å²) in [7, 11) is 0. The first-order valence-electron chi connectivity index (χ1n) is 8.77. The second kappa shape index (κ2) is 11.3. The van der Waals surface area contributed by atoms with E-state index in [9.17, 15) is 9.18 Å². The lowest BCUT2D eigenvalue weighted by molar-refractivity contribution is 0.0957. The van der Waals surface area contributed by atoms with Gasteiger partial charge in [0.05, 0.1) is 4.88 Å². The predicted octanol–water partition coefficient (Wildman–Crippen LogP) is 2.80. The van der Waals surface area contributed by atoms with Crippen molar-refractivity contribution in [2.45, 2.75) is 19.8 Å². The highest BCUT2D eigenvalue weighted by Gasteiger charge is 2.04. The van der Waals surface area contributed by atoms with Crippen LogP contribution in [-0.2, 0) is 6.42 Å². The molecule has 1 amide bonds. The Balaban J connectivity index is 1.66. The zero-order chi connectivity index (χ0) is 18.6.